The number of carbonyl (C=O) groups is 1. The molecule has 5 nitrogen and oxygen atoms in total. The number of aryl methyl sites for hydroxylation is 2. The molecule has 3 rings (SSSR count). The summed E-state index contributed by atoms with van der Waals surface area (Å²) in [7, 11) is 0. The lowest BCUT2D eigenvalue weighted by molar-refractivity contribution is 0.102. The second kappa shape index (κ2) is 5.05. The highest BCUT2D eigenvalue weighted by Gasteiger charge is 2.13. The quantitative estimate of drug-likeness (QED) is 0.805. The van der Waals surface area contributed by atoms with Crippen LogP contribution in [0.2, 0.25) is 0 Å². The summed E-state index contributed by atoms with van der Waals surface area (Å²) < 4.78 is 1.63. The minimum absolute atomic E-state index is 0.218. The molecule has 1 N–H and O–H groups in total. The number of hydrogen-bond acceptors (Lipinski definition) is 4. The van der Waals surface area contributed by atoms with Gasteiger partial charge < -0.3 is 5.32 Å². The summed E-state index contributed by atoms with van der Waals surface area (Å²) in [6.07, 6.45) is 2.63. The molecule has 6 heteroatoms. The van der Waals surface area contributed by atoms with E-state index in [1.165, 1.54) is 16.9 Å². The zero-order chi connectivity index (χ0) is 14.1. The molecule has 0 fully saturated rings. The van der Waals surface area contributed by atoms with Crippen LogP contribution in [0, 0.1) is 6.92 Å². The van der Waals surface area contributed by atoms with Crippen LogP contribution in [0.5, 0.6) is 0 Å². The molecule has 0 bridgehead atoms. The van der Waals surface area contributed by atoms with Crippen molar-refractivity contribution in [3.05, 3.63) is 46.7 Å². The number of rotatable bonds is 3. The Morgan fingerprint density at radius 1 is 1.35 bits per heavy atom. The van der Waals surface area contributed by atoms with Crippen LogP contribution in [0.25, 0.3) is 4.96 Å². The maximum atomic E-state index is 12.1. The number of carbonyl (C=O) groups excluding carboxylic acids is 1. The second-order valence-electron chi connectivity index (χ2n) is 4.48. The van der Waals surface area contributed by atoms with Gasteiger partial charge in [0.25, 0.3) is 5.91 Å². The van der Waals surface area contributed by atoms with Crippen LogP contribution in [0.1, 0.15) is 28.0 Å². The summed E-state index contributed by atoms with van der Waals surface area (Å²) in [6.45, 7) is 4.01. The first-order valence-electron chi connectivity index (χ1n) is 6.39. The highest BCUT2D eigenvalue weighted by Crippen LogP contribution is 2.15. The van der Waals surface area contributed by atoms with Gasteiger partial charge >= 0.3 is 0 Å². The number of anilines is 1. The van der Waals surface area contributed by atoms with Gasteiger partial charge in [-0.25, -0.2) is 9.50 Å². The summed E-state index contributed by atoms with van der Waals surface area (Å²) in [5, 5.41) is 8.00. The lowest BCUT2D eigenvalue weighted by Gasteiger charge is -2.03. The van der Waals surface area contributed by atoms with Gasteiger partial charge in [0.2, 0.25) is 4.96 Å². The number of fused-ring (bicyclic) bond motifs is 1. The van der Waals surface area contributed by atoms with E-state index in [9.17, 15) is 4.79 Å². The Morgan fingerprint density at radius 2 is 2.10 bits per heavy atom. The number of nitrogens with zero attached hydrogens (tertiary/aromatic N) is 3. The van der Waals surface area contributed by atoms with Crippen LogP contribution in [0.4, 0.5) is 5.69 Å². The second-order valence-corrected chi connectivity index (χ2v) is 5.64. The standard InChI is InChI=1S/C14H14N4OS/c1-3-10-4-6-11(7-5-10)15-13(19)12-8-18-14(16-12)20-9(2)17-18/h4-8H,3H2,1-2H3,(H,15,19). The van der Waals surface area contributed by atoms with Crippen molar-refractivity contribution in [3.8, 4) is 0 Å². The van der Waals surface area contributed by atoms with Crippen molar-refractivity contribution in [1.29, 1.82) is 0 Å². The SMILES string of the molecule is CCc1ccc(NC(=O)c2cn3nc(C)sc3n2)cc1. The Kier molecular flexibility index (Phi) is 3.23. The van der Waals surface area contributed by atoms with E-state index in [4.69, 9.17) is 0 Å². The molecule has 1 aromatic carbocycles. The van der Waals surface area contributed by atoms with Gasteiger partial charge in [-0.2, -0.15) is 5.10 Å². The minimum Gasteiger partial charge on any atom is -0.321 e. The molecule has 0 atom stereocenters. The number of aromatic nitrogens is 3. The van der Waals surface area contributed by atoms with Crippen LogP contribution in [0.15, 0.2) is 30.5 Å². The molecule has 0 unspecified atom stereocenters. The first kappa shape index (κ1) is 12.8. The summed E-state index contributed by atoms with van der Waals surface area (Å²) in [5.74, 6) is -0.218. The highest BCUT2D eigenvalue weighted by molar-refractivity contribution is 7.16. The zero-order valence-electron chi connectivity index (χ0n) is 11.3. The molecule has 0 spiro atoms. The Bertz CT molecular complexity index is 726. The average molecular weight is 286 g/mol. The van der Waals surface area contributed by atoms with E-state index in [2.05, 4.69) is 22.3 Å². The number of hydrogen-bond donors (Lipinski definition) is 1. The molecular weight excluding hydrogens is 272 g/mol. The van der Waals surface area contributed by atoms with E-state index in [-0.39, 0.29) is 5.91 Å². The topological polar surface area (TPSA) is 59.3 Å². The van der Waals surface area contributed by atoms with Crippen LogP contribution in [0.3, 0.4) is 0 Å². The first-order valence-corrected chi connectivity index (χ1v) is 7.20. The summed E-state index contributed by atoms with van der Waals surface area (Å²) in [6, 6.07) is 7.81. The molecule has 0 radical (unpaired) electrons. The van der Waals surface area contributed by atoms with Crippen LogP contribution >= 0.6 is 11.3 Å². The van der Waals surface area contributed by atoms with Crippen molar-refractivity contribution in [2.75, 3.05) is 5.32 Å². The molecule has 0 aliphatic heterocycles. The van der Waals surface area contributed by atoms with Gasteiger partial charge in [0.1, 0.15) is 10.7 Å². The Balaban J connectivity index is 1.78. The lowest BCUT2D eigenvalue weighted by atomic mass is 10.1. The molecule has 2 heterocycles. The molecule has 0 aliphatic rings. The van der Waals surface area contributed by atoms with Gasteiger partial charge in [0.05, 0.1) is 6.20 Å². The van der Waals surface area contributed by atoms with Gasteiger partial charge in [0, 0.05) is 5.69 Å². The predicted octanol–water partition coefficient (Wildman–Crippen LogP) is 2.91. The molecule has 20 heavy (non-hydrogen) atoms. The van der Waals surface area contributed by atoms with Gasteiger partial charge in [0.15, 0.2) is 0 Å². The number of nitrogens with one attached hydrogen (secondary N) is 1. The predicted molar refractivity (Wildman–Crippen MR) is 79.4 cm³/mol. The number of amides is 1. The average Bonchev–Trinajstić information content (AvgIpc) is 2.96. The molecule has 3 aromatic rings. The fourth-order valence-corrected chi connectivity index (χ4v) is 2.65. The molecule has 0 aliphatic carbocycles. The molecular formula is C14H14N4OS. The van der Waals surface area contributed by atoms with E-state index in [0.29, 0.717) is 5.69 Å². The van der Waals surface area contributed by atoms with Crippen molar-refractivity contribution in [2.24, 2.45) is 0 Å². The smallest absolute Gasteiger partial charge is 0.275 e. The Hall–Kier alpha value is -2.21. The summed E-state index contributed by atoms with van der Waals surface area (Å²) >= 11 is 1.46. The normalized spacial score (nSPS) is 10.9. The molecule has 0 saturated heterocycles. The highest BCUT2D eigenvalue weighted by atomic mass is 32.1. The van der Waals surface area contributed by atoms with Crippen molar-refractivity contribution in [1.82, 2.24) is 14.6 Å². The molecule has 2 aromatic heterocycles. The van der Waals surface area contributed by atoms with Crippen molar-refractivity contribution >= 4 is 27.9 Å². The van der Waals surface area contributed by atoms with Gasteiger partial charge in [-0.3, -0.25) is 4.79 Å². The van der Waals surface area contributed by atoms with E-state index < -0.39 is 0 Å². The van der Waals surface area contributed by atoms with Crippen molar-refractivity contribution < 1.29 is 4.79 Å². The van der Waals surface area contributed by atoms with Crippen LogP contribution in [-0.2, 0) is 6.42 Å². The van der Waals surface area contributed by atoms with Gasteiger partial charge in [-0.05, 0) is 31.0 Å². The minimum atomic E-state index is -0.218. The third-order valence-electron chi connectivity index (χ3n) is 3.00. The summed E-state index contributed by atoms with van der Waals surface area (Å²) in [5.41, 5.74) is 2.39. The largest absolute Gasteiger partial charge is 0.321 e. The first-order chi connectivity index (χ1) is 9.65. The van der Waals surface area contributed by atoms with E-state index >= 15 is 0 Å². The maximum Gasteiger partial charge on any atom is 0.275 e. The Morgan fingerprint density at radius 3 is 2.75 bits per heavy atom. The molecule has 1 amide bonds. The monoisotopic (exact) mass is 286 g/mol. The molecule has 0 saturated carbocycles. The maximum absolute atomic E-state index is 12.1. The number of benzene rings is 1. The van der Waals surface area contributed by atoms with Crippen LogP contribution < -0.4 is 5.32 Å². The fraction of sp³-hybridized carbons (Fsp3) is 0.214. The summed E-state index contributed by atoms with van der Waals surface area (Å²) in [4.78, 5) is 17.1. The number of imidazole rings is 1. The third-order valence-corrected chi connectivity index (χ3v) is 3.83. The van der Waals surface area contributed by atoms with E-state index in [1.807, 2.05) is 31.2 Å². The van der Waals surface area contributed by atoms with Crippen LogP contribution in [-0.4, -0.2) is 20.5 Å². The van der Waals surface area contributed by atoms with E-state index in [0.717, 1.165) is 22.1 Å². The van der Waals surface area contributed by atoms with Gasteiger partial charge in [-0.15, -0.1) is 0 Å². The third kappa shape index (κ3) is 2.42. The van der Waals surface area contributed by atoms with E-state index in [1.54, 1.807) is 10.7 Å². The van der Waals surface area contributed by atoms with Crippen molar-refractivity contribution in [2.45, 2.75) is 20.3 Å². The van der Waals surface area contributed by atoms with Gasteiger partial charge in [-0.1, -0.05) is 30.4 Å². The Labute approximate surface area is 120 Å². The molecule has 102 valence electrons. The zero-order valence-corrected chi connectivity index (χ0v) is 12.1. The van der Waals surface area contributed by atoms with Crippen molar-refractivity contribution in [3.63, 3.8) is 0 Å². The fourth-order valence-electron chi connectivity index (χ4n) is 1.93. The lowest BCUT2D eigenvalue weighted by Crippen LogP contribution is -2.12.